The van der Waals surface area contributed by atoms with E-state index in [2.05, 4.69) is 50.3 Å². The smallest absolute Gasteiger partial charge is 0.259 e. The van der Waals surface area contributed by atoms with E-state index in [-0.39, 0.29) is 25.5 Å². The van der Waals surface area contributed by atoms with Gasteiger partial charge < -0.3 is 31.9 Å². The van der Waals surface area contributed by atoms with Crippen LogP contribution in [0, 0.1) is 0 Å². The third-order valence-corrected chi connectivity index (χ3v) is 3.69. The topological polar surface area (TPSA) is 175 Å². The van der Waals surface area contributed by atoms with E-state index >= 15 is 0 Å². The maximum atomic E-state index is 11.7. The number of thiol groups is 1. The average Bonchev–Trinajstić information content (AvgIpc) is 3.30. The molecule has 0 unspecified atom stereocenters. The van der Waals surface area contributed by atoms with Gasteiger partial charge in [0.25, 0.3) is 5.91 Å². The lowest BCUT2D eigenvalue weighted by molar-refractivity contribution is -0.129. The van der Waals surface area contributed by atoms with Gasteiger partial charge in [0.1, 0.15) is 0 Å². The zero-order valence-electron chi connectivity index (χ0n) is 16.6. The summed E-state index contributed by atoms with van der Waals surface area (Å²) in [6, 6.07) is 0. The number of hydrogen-bond donors (Lipinski definition) is 7. The van der Waals surface area contributed by atoms with Crippen LogP contribution in [0.2, 0.25) is 0 Å². The highest BCUT2D eigenvalue weighted by Crippen LogP contribution is 2.00. The third kappa shape index (κ3) is 11.9. The Morgan fingerprint density at radius 2 is 1.10 bits per heavy atom. The first-order chi connectivity index (χ1) is 14.8. The summed E-state index contributed by atoms with van der Waals surface area (Å²) < 4.78 is 0. The minimum Gasteiger partial charge on any atom is -0.354 e. The molecule has 0 aliphatic heterocycles. The van der Waals surface area contributed by atoms with Crippen molar-refractivity contribution in [2.45, 2.75) is 0 Å². The van der Waals surface area contributed by atoms with Crippen LogP contribution >= 0.6 is 12.6 Å². The summed E-state index contributed by atoms with van der Waals surface area (Å²) in [4.78, 5) is 69.4. The number of allylic oxidation sites excluding steroid dienone is 1. The molecule has 0 spiro atoms. The quantitative estimate of drug-likeness (QED) is 0.112. The number of rotatable bonds is 13. The molecule has 0 aromatic heterocycles. The molecule has 13 heteroatoms. The lowest BCUT2D eigenvalue weighted by Gasteiger charge is -2.09. The molecular formula is C18H24N6O6S. The minimum atomic E-state index is -0.635. The molecule has 0 aromatic rings. The van der Waals surface area contributed by atoms with Crippen molar-refractivity contribution in [3.05, 3.63) is 29.5 Å². The number of carbonyl (C=O) groups excluding carboxylic acids is 6. The highest BCUT2D eigenvalue weighted by molar-refractivity contribution is 7.80. The van der Waals surface area contributed by atoms with Gasteiger partial charge in [-0.15, -0.1) is 5.73 Å². The standard InChI is InChI=1S/C18H24N6O6S/c25-13(19-5-6-31)7-20-14(26)8-21-15(27)9-22-16(28)10-23-17(29)11-24-18(30)12-3-1-2-4-12/h1-3,31H,5-11H2,(H,19,25)(H,20,26)(H,21,27)(H,22,28)(H,23,29)(H,24,30). The van der Waals surface area contributed by atoms with E-state index in [0.717, 1.165) is 0 Å². The van der Waals surface area contributed by atoms with Crippen LogP contribution < -0.4 is 31.9 Å². The minimum absolute atomic E-state index is 0.232. The van der Waals surface area contributed by atoms with Gasteiger partial charge in [0.05, 0.1) is 38.3 Å². The molecule has 0 bridgehead atoms. The Morgan fingerprint density at radius 1 is 0.677 bits per heavy atom. The Balaban J connectivity index is 2.10. The molecule has 1 aliphatic rings. The first-order valence-electron chi connectivity index (χ1n) is 9.17. The van der Waals surface area contributed by atoms with E-state index < -0.39 is 42.6 Å². The summed E-state index contributed by atoms with van der Waals surface area (Å²) in [5, 5.41) is 14.0. The highest BCUT2D eigenvalue weighted by Gasteiger charge is 2.12. The monoisotopic (exact) mass is 452 g/mol. The van der Waals surface area contributed by atoms with Gasteiger partial charge in [-0.2, -0.15) is 12.6 Å². The molecule has 0 fully saturated rings. The fourth-order valence-electron chi connectivity index (χ4n) is 1.95. The van der Waals surface area contributed by atoms with Crippen molar-refractivity contribution in [1.82, 2.24) is 31.9 Å². The second kappa shape index (κ2) is 14.4. The largest absolute Gasteiger partial charge is 0.354 e. The molecule has 0 radical (unpaired) electrons. The maximum Gasteiger partial charge on any atom is 0.259 e. The van der Waals surface area contributed by atoms with Gasteiger partial charge in [0.15, 0.2) is 0 Å². The van der Waals surface area contributed by atoms with Crippen LogP contribution in [0.4, 0.5) is 0 Å². The molecule has 0 saturated heterocycles. The molecule has 0 heterocycles. The normalized spacial score (nSPS) is 11.2. The van der Waals surface area contributed by atoms with Gasteiger partial charge in [-0.25, -0.2) is 0 Å². The van der Waals surface area contributed by atoms with Crippen LogP contribution in [0.3, 0.4) is 0 Å². The maximum absolute atomic E-state index is 11.7. The van der Waals surface area contributed by atoms with Crippen LogP contribution in [-0.2, 0) is 28.8 Å². The molecular weight excluding hydrogens is 428 g/mol. The van der Waals surface area contributed by atoms with E-state index in [1.165, 1.54) is 6.08 Å². The van der Waals surface area contributed by atoms with Crippen molar-refractivity contribution < 1.29 is 28.8 Å². The van der Waals surface area contributed by atoms with Crippen molar-refractivity contribution in [3.63, 3.8) is 0 Å². The summed E-state index contributed by atoms with van der Waals surface area (Å²) in [6.45, 7) is -1.36. The summed E-state index contributed by atoms with van der Waals surface area (Å²) in [5.41, 5.74) is 2.98. The van der Waals surface area contributed by atoms with Gasteiger partial charge in [0.2, 0.25) is 29.5 Å². The Labute approximate surface area is 183 Å². The van der Waals surface area contributed by atoms with Gasteiger partial charge in [-0.05, 0) is 12.2 Å². The summed E-state index contributed by atoms with van der Waals surface area (Å²) in [6.07, 6.45) is 4.73. The first-order valence-corrected chi connectivity index (χ1v) is 9.81. The lowest BCUT2D eigenvalue weighted by atomic mass is 10.3. The molecule has 1 aliphatic carbocycles. The van der Waals surface area contributed by atoms with Crippen LogP contribution in [-0.4, -0.2) is 80.5 Å². The first kappa shape index (κ1) is 25.5. The molecule has 0 saturated carbocycles. The van der Waals surface area contributed by atoms with Gasteiger partial charge in [-0.3, -0.25) is 28.8 Å². The fourth-order valence-corrected chi connectivity index (χ4v) is 2.06. The summed E-state index contributed by atoms with van der Waals surface area (Å²) in [7, 11) is 0. The number of amides is 6. The van der Waals surface area contributed by atoms with Crippen LogP contribution in [0.15, 0.2) is 29.5 Å². The average molecular weight is 452 g/mol. The lowest BCUT2D eigenvalue weighted by Crippen LogP contribution is -2.46. The van der Waals surface area contributed by atoms with Crippen molar-refractivity contribution >= 4 is 48.1 Å². The zero-order valence-corrected chi connectivity index (χ0v) is 17.5. The summed E-state index contributed by atoms with van der Waals surface area (Å²) in [5.74, 6) is -2.81. The molecule has 6 amide bonds. The van der Waals surface area contributed by atoms with E-state index in [9.17, 15) is 28.8 Å². The van der Waals surface area contributed by atoms with Gasteiger partial charge in [-0.1, -0.05) is 6.08 Å². The Bertz CT molecular complexity index is 818. The molecule has 0 aromatic carbocycles. The Hall–Kier alpha value is -3.57. The zero-order chi connectivity index (χ0) is 23.1. The second-order valence-corrected chi connectivity index (χ2v) is 6.39. The van der Waals surface area contributed by atoms with Gasteiger partial charge in [0, 0.05) is 12.3 Å². The molecule has 168 valence electrons. The molecule has 1 rings (SSSR count). The number of carbonyl (C=O) groups is 6. The molecule has 0 atom stereocenters. The SMILES string of the molecule is O=C(CNC(=O)CNC(=O)CNC(=O)CNC(=O)CNC(=O)C1=C=CC=C1)NCCS. The predicted molar refractivity (Wildman–Crippen MR) is 113 cm³/mol. The highest BCUT2D eigenvalue weighted by atomic mass is 32.1. The van der Waals surface area contributed by atoms with Crippen molar-refractivity contribution in [2.75, 3.05) is 45.0 Å². The van der Waals surface area contributed by atoms with Gasteiger partial charge >= 0.3 is 0 Å². The summed E-state index contributed by atoms with van der Waals surface area (Å²) >= 11 is 3.93. The fraction of sp³-hybridized carbons (Fsp3) is 0.389. The Morgan fingerprint density at radius 3 is 1.48 bits per heavy atom. The van der Waals surface area contributed by atoms with Crippen LogP contribution in [0.5, 0.6) is 0 Å². The van der Waals surface area contributed by atoms with E-state index in [1.54, 1.807) is 12.2 Å². The molecule has 6 N–H and O–H groups in total. The molecule has 31 heavy (non-hydrogen) atoms. The van der Waals surface area contributed by atoms with E-state index in [0.29, 0.717) is 17.9 Å². The Kier molecular flexibility index (Phi) is 11.8. The van der Waals surface area contributed by atoms with Crippen molar-refractivity contribution in [2.24, 2.45) is 0 Å². The van der Waals surface area contributed by atoms with Crippen molar-refractivity contribution in [1.29, 1.82) is 0 Å². The van der Waals surface area contributed by atoms with E-state index in [1.807, 2.05) is 0 Å². The number of nitrogens with one attached hydrogen (secondary N) is 6. The predicted octanol–water partition coefficient (Wildman–Crippen LogP) is -3.74. The third-order valence-electron chi connectivity index (χ3n) is 3.47. The molecule has 12 nitrogen and oxygen atoms in total. The van der Waals surface area contributed by atoms with Crippen molar-refractivity contribution in [3.8, 4) is 0 Å². The van der Waals surface area contributed by atoms with Crippen LogP contribution in [0.25, 0.3) is 0 Å². The second-order valence-electron chi connectivity index (χ2n) is 5.95. The van der Waals surface area contributed by atoms with E-state index in [4.69, 9.17) is 0 Å². The number of hydrogen-bond acceptors (Lipinski definition) is 7. The van der Waals surface area contributed by atoms with Crippen LogP contribution in [0.1, 0.15) is 0 Å².